The van der Waals surface area contributed by atoms with E-state index in [9.17, 15) is 4.79 Å². The molecule has 1 fully saturated rings. The van der Waals surface area contributed by atoms with Gasteiger partial charge in [-0.15, -0.1) is 0 Å². The number of hydrogen-bond donors (Lipinski definition) is 2. The number of halogens is 1. The van der Waals surface area contributed by atoms with Crippen molar-refractivity contribution in [1.82, 2.24) is 24.8 Å². The third kappa shape index (κ3) is 4.81. The fourth-order valence-electron chi connectivity index (χ4n) is 3.69. The molecular weight excluding hydrogens is 388 g/mol. The standard InChI is InChI=1S/C21H23ClN6O/c1-23-21-24-10-14(11-25-21)12-28-8-2-3-16(13-28)18-9-19(29)27-20(26-18)15-4-6-17(22)7-5-15/h4-7,9-11,16H,2-3,8,12-13H2,1H3,(H,23,24,25)(H,26,27,29). The first-order chi connectivity index (χ1) is 14.1. The molecule has 3 heterocycles. The van der Waals surface area contributed by atoms with E-state index in [2.05, 4.69) is 25.2 Å². The smallest absolute Gasteiger partial charge is 0.251 e. The number of aromatic amines is 1. The molecule has 0 spiro atoms. The molecule has 0 bridgehead atoms. The van der Waals surface area contributed by atoms with E-state index in [4.69, 9.17) is 16.6 Å². The zero-order valence-electron chi connectivity index (χ0n) is 16.2. The van der Waals surface area contributed by atoms with Crippen LogP contribution in [0, 0.1) is 0 Å². The molecule has 0 radical (unpaired) electrons. The van der Waals surface area contributed by atoms with Crippen molar-refractivity contribution in [2.45, 2.75) is 25.3 Å². The lowest BCUT2D eigenvalue weighted by molar-refractivity contribution is 0.198. The minimum atomic E-state index is -0.131. The number of piperidine rings is 1. The molecule has 1 saturated heterocycles. The van der Waals surface area contributed by atoms with Gasteiger partial charge in [0.15, 0.2) is 0 Å². The van der Waals surface area contributed by atoms with E-state index in [0.29, 0.717) is 16.8 Å². The number of nitrogens with one attached hydrogen (secondary N) is 2. The second kappa shape index (κ2) is 8.71. The molecular formula is C21H23ClN6O. The van der Waals surface area contributed by atoms with Crippen molar-refractivity contribution < 1.29 is 0 Å². The average Bonchev–Trinajstić information content (AvgIpc) is 2.74. The van der Waals surface area contributed by atoms with Crippen molar-refractivity contribution in [1.29, 1.82) is 0 Å². The molecule has 0 aliphatic carbocycles. The zero-order valence-corrected chi connectivity index (χ0v) is 17.0. The number of anilines is 1. The summed E-state index contributed by atoms with van der Waals surface area (Å²) in [6.07, 6.45) is 5.78. The van der Waals surface area contributed by atoms with Gasteiger partial charge >= 0.3 is 0 Å². The fourth-order valence-corrected chi connectivity index (χ4v) is 3.82. The number of likely N-dealkylation sites (tertiary alicyclic amines) is 1. The summed E-state index contributed by atoms with van der Waals surface area (Å²) in [5, 5.41) is 3.58. The Hall–Kier alpha value is -2.77. The maximum absolute atomic E-state index is 12.3. The van der Waals surface area contributed by atoms with Crippen LogP contribution in [0.25, 0.3) is 11.4 Å². The van der Waals surface area contributed by atoms with Crippen molar-refractivity contribution in [3.05, 3.63) is 69.4 Å². The van der Waals surface area contributed by atoms with Gasteiger partial charge in [-0.25, -0.2) is 15.0 Å². The molecule has 1 aliphatic rings. The van der Waals surface area contributed by atoms with Gasteiger partial charge in [0.25, 0.3) is 5.56 Å². The number of benzene rings is 1. The normalized spacial score (nSPS) is 17.2. The van der Waals surface area contributed by atoms with Crippen molar-refractivity contribution >= 4 is 17.5 Å². The Kier molecular flexibility index (Phi) is 5.87. The highest BCUT2D eigenvalue weighted by atomic mass is 35.5. The summed E-state index contributed by atoms with van der Waals surface area (Å²) in [7, 11) is 1.80. The molecule has 1 aliphatic heterocycles. The summed E-state index contributed by atoms with van der Waals surface area (Å²) in [5.74, 6) is 1.42. The number of nitrogens with zero attached hydrogens (tertiary/aromatic N) is 4. The topological polar surface area (TPSA) is 86.8 Å². The van der Waals surface area contributed by atoms with E-state index in [1.165, 1.54) is 0 Å². The van der Waals surface area contributed by atoms with Gasteiger partial charge in [-0.3, -0.25) is 9.69 Å². The van der Waals surface area contributed by atoms with E-state index >= 15 is 0 Å². The first-order valence-corrected chi connectivity index (χ1v) is 10.1. The zero-order chi connectivity index (χ0) is 20.2. The molecule has 29 heavy (non-hydrogen) atoms. The lowest BCUT2D eigenvalue weighted by atomic mass is 9.94. The molecule has 150 valence electrons. The third-order valence-corrected chi connectivity index (χ3v) is 5.39. The summed E-state index contributed by atoms with van der Waals surface area (Å²) in [4.78, 5) is 30.8. The predicted molar refractivity (Wildman–Crippen MR) is 114 cm³/mol. The minimum Gasteiger partial charge on any atom is -0.357 e. The fraction of sp³-hybridized carbons (Fsp3) is 0.333. The third-order valence-electron chi connectivity index (χ3n) is 5.14. The van der Waals surface area contributed by atoms with Crippen molar-refractivity contribution in [2.24, 2.45) is 0 Å². The van der Waals surface area contributed by atoms with Gasteiger partial charge < -0.3 is 10.3 Å². The molecule has 0 saturated carbocycles. The minimum absolute atomic E-state index is 0.131. The van der Waals surface area contributed by atoms with E-state index in [1.807, 2.05) is 24.5 Å². The Morgan fingerprint density at radius 3 is 2.72 bits per heavy atom. The Bertz CT molecular complexity index is 1020. The maximum atomic E-state index is 12.3. The highest BCUT2D eigenvalue weighted by Crippen LogP contribution is 2.27. The van der Waals surface area contributed by atoms with Crippen LogP contribution in [0.3, 0.4) is 0 Å². The SMILES string of the molecule is CNc1ncc(CN2CCCC(c3cc(=O)[nH]c(-c4ccc(Cl)cc4)n3)C2)cn1. The van der Waals surface area contributed by atoms with E-state index in [1.54, 1.807) is 25.2 Å². The number of aromatic nitrogens is 4. The van der Waals surface area contributed by atoms with Crippen molar-refractivity contribution in [3.63, 3.8) is 0 Å². The van der Waals surface area contributed by atoms with E-state index < -0.39 is 0 Å². The van der Waals surface area contributed by atoms with Gasteiger partial charge in [0.1, 0.15) is 5.82 Å². The Balaban J connectivity index is 1.51. The molecule has 2 N–H and O–H groups in total. The Labute approximate surface area is 174 Å². The summed E-state index contributed by atoms with van der Waals surface area (Å²) in [6.45, 7) is 2.65. The van der Waals surface area contributed by atoms with Crippen LogP contribution in [0.2, 0.25) is 5.02 Å². The maximum Gasteiger partial charge on any atom is 0.251 e. The van der Waals surface area contributed by atoms with E-state index in [-0.39, 0.29) is 11.5 Å². The van der Waals surface area contributed by atoms with Crippen molar-refractivity contribution in [3.8, 4) is 11.4 Å². The highest BCUT2D eigenvalue weighted by molar-refractivity contribution is 6.30. The highest BCUT2D eigenvalue weighted by Gasteiger charge is 2.23. The molecule has 1 unspecified atom stereocenters. The van der Waals surface area contributed by atoms with Crippen LogP contribution in [0.5, 0.6) is 0 Å². The molecule has 1 atom stereocenters. The summed E-state index contributed by atoms with van der Waals surface area (Å²) in [6, 6.07) is 8.96. The first kappa shape index (κ1) is 19.5. The van der Waals surface area contributed by atoms with Gasteiger partial charge in [-0.1, -0.05) is 11.6 Å². The number of H-pyrrole nitrogens is 1. The first-order valence-electron chi connectivity index (χ1n) is 9.69. The quantitative estimate of drug-likeness (QED) is 0.671. The van der Waals surface area contributed by atoms with Gasteiger partial charge in [-0.05, 0) is 43.7 Å². The molecule has 1 aromatic carbocycles. The Morgan fingerprint density at radius 2 is 2.00 bits per heavy atom. The lowest BCUT2D eigenvalue weighted by Crippen LogP contribution is -2.34. The van der Waals surface area contributed by atoms with Crippen molar-refractivity contribution in [2.75, 3.05) is 25.5 Å². The van der Waals surface area contributed by atoms with Gasteiger partial charge in [0.2, 0.25) is 5.95 Å². The van der Waals surface area contributed by atoms with Crippen LogP contribution >= 0.6 is 11.6 Å². The van der Waals surface area contributed by atoms with Crippen LogP contribution in [-0.2, 0) is 6.54 Å². The molecule has 3 aromatic rings. The van der Waals surface area contributed by atoms with E-state index in [0.717, 1.165) is 49.3 Å². The number of hydrogen-bond acceptors (Lipinski definition) is 6. The monoisotopic (exact) mass is 410 g/mol. The van der Waals surface area contributed by atoms with Crippen LogP contribution in [0.15, 0.2) is 47.5 Å². The van der Waals surface area contributed by atoms with Crippen LogP contribution in [0.1, 0.15) is 30.0 Å². The van der Waals surface area contributed by atoms with Crippen LogP contribution < -0.4 is 10.9 Å². The number of rotatable bonds is 5. The van der Waals surface area contributed by atoms with Gasteiger partial charge in [0.05, 0.1) is 5.69 Å². The average molecular weight is 411 g/mol. The molecule has 7 nitrogen and oxygen atoms in total. The van der Waals surface area contributed by atoms with Gasteiger partial charge in [-0.2, -0.15) is 0 Å². The predicted octanol–water partition coefficient (Wildman–Crippen LogP) is 3.30. The second-order valence-electron chi connectivity index (χ2n) is 7.26. The van der Waals surface area contributed by atoms with Gasteiger partial charge in [0, 0.05) is 60.7 Å². The molecule has 4 rings (SSSR count). The second-order valence-corrected chi connectivity index (χ2v) is 7.70. The largest absolute Gasteiger partial charge is 0.357 e. The molecule has 0 amide bonds. The lowest BCUT2D eigenvalue weighted by Gasteiger charge is -2.32. The van der Waals surface area contributed by atoms with Crippen LogP contribution in [0.4, 0.5) is 5.95 Å². The summed E-state index contributed by atoms with van der Waals surface area (Å²) in [5.41, 5.74) is 2.63. The molecule has 8 heteroatoms. The summed E-state index contributed by atoms with van der Waals surface area (Å²) >= 11 is 5.97. The van der Waals surface area contributed by atoms with Crippen LogP contribution in [-0.4, -0.2) is 45.0 Å². The Morgan fingerprint density at radius 1 is 1.24 bits per heavy atom. The summed E-state index contributed by atoms with van der Waals surface area (Å²) < 4.78 is 0. The molecule has 2 aromatic heterocycles.